The molecule has 0 bridgehead atoms. The minimum atomic E-state index is -1.63. The zero-order valence-electron chi connectivity index (χ0n) is 49.2. The normalized spacial score (nSPS) is 23.8. The van der Waals surface area contributed by atoms with Crippen LogP contribution in [0.5, 0.6) is 11.5 Å². The van der Waals surface area contributed by atoms with E-state index in [0.29, 0.717) is 75.4 Å². The lowest BCUT2D eigenvalue weighted by atomic mass is 9.81. The molecule has 0 spiro atoms. The van der Waals surface area contributed by atoms with E-state index in [9.17, 15) is 23.4 Å². The number of likely N-dealkylation sites (tertiary alicyclic amines) is 1. The summed E-state index contributed by atoms with van der Waals surface area (Å²) in [5.41, 5.74) is 12.1. The van der Waals surface area contributed by atoms with Gasteiger partial charge in [-0.3, -0.25) is 9.52 Å². The van der Waals surface area contributed by atoms with Gasteiger partial charge in [0.15, 0.2) is 11.2 Å². The van der Waals surface area contributed by atoms with Crippen molar-refractivity contribution in [1.29, 1.82) is 0 Å². The second-order valence-electron chi connectivity index (χ2n) is 24.8. The summed E-state index contributed by atoms with van der Waals surface area (Å²) in [6.45, 7) is 4.75. The van der Waals surface area contributed by atoms with Crippen molar-refractivity contribution in [3.63, 3.8) is 0 Å². The molecule has 8 aliphatic rings. The highest BCUT2D eigenvalue weighted by Crippen LogP contribution is 2.62. The summed E-state index contributed by atoms with van der Waals surface area (Å²) in [6, 6.07) is 24.5. The van der Waals surface area contributed by atoms with Gasteiger partial charge in [-0.25, -0.2) is 22.9 Å². The van der Waals surface area contributed by atoms with Gasteiger partial charge in [-0.1, -0.05) is 50.7 Å². The number of aromatic nitrogens is 2. The molecular formula is C65H78N8O10S. The fraction of sp³-hybridized carbons (Fsp3) is 0.508. The maximum absolute atomic E-state index is 13.5. The van der Waals surface area contributed by atoms with E-state index in [1.807, 2.05) is 46.2 Å². The van der Waals surface area contributed by atoms with Gasteiger partial charge >= 0.3 is 18.0 Å². The van der Waals surface area contributed by atoms with E-state index in [0.717, 1.165) is 53.6 Å². The van der Waals surface area contributed by atoms with Crippen molar-refractivity contribution in [2.24, 2.45) is 0 Å². The first-order valence-corrected chi connectivity index (χ1v) is 31.3. The zero-order chi connectivity index (χ0) is 58.2. The molecule has 3 N–H and O–H groups in total. The number of morpholine rings is 1. The number of rotatable bonds is 11. The average molecular weight is 1160 g/mol. The highest BCUT2D eigenvalue weighted by Gasteiger charge is 2.61. The summed E-state index contributed by atoms with van der Waals surface area (Å²) < 4.78 is 48.6. The van der Waals surface area contributed by atoms with Gasteiger partial charge in [-0.15, -0.1) is 0 Å². The Balaban J connectivity index is 0.000000157. The molecule has 2 saturated heterocycles. The van der Waals surface area contributed by atoms with Crippen LogP contribution in [0.2, 0.25) is 0 Å². The van der Waals surface area contributed by atoms with E-state index < -0.39 is 22.2 Å². The number of methoxy groups -OCH3 is 4. The topological polar surface area (TPSA) is 187 Å². The monoisotopic (exact) mass is 1160 g/mol. The fourth-order valence-corrected chi connectivity index (χ4v) is 15.5. The predicted molar refractivity (Wildman–Crippen MR) is 322 cm³/mol. The van der Waals surface area contributed by atoms with Crippen molar-refractivity contribution >= 4 is 56.9 Å². The first kappa shape index (κ1) is 56.2. The Morgan fingerprint density at radius 2 is 1.11 bits per heavy atom. The molecule has 4 aromatic carbocycles. The highest BCUT2D eigenvalue weighted by molar-refractivity contribution is 7.81. The Labute approximate surface area is 493 Å². The summed E-state index contributed by atoms with van der Waals surface area (Å²) in [5, 5.41) is 9.27. The molecule has 5 atom stereocenters. The first-order chi connectivity index (χ1) is 40.7. The number of nitrogens with zero attached hydrogens (tertiary/aromatic N) is 5. The molecule has 4 saturated carbocycles. The lowest BCUT2D eigenvalue weighted by Gasteiger charge is -2.39. The summed E-state index contributed by atoms with van der Waals surface area (Å²) >= 11 is -1.63. The molecule has 6 fully saturated rings. The van der Waals surface area contributed by atoms with Crippen molar-refractivity contribution in [3.05, 3.63) is 106 Å². The molecule has 6 aromatic rings. The van der Waals surface area contributed by atoms with Crippen molar-refractivity contribution in [2.75, 3.05) is 81.9 Å². The Bertz CT molecular complexity index is 3610. The Kier molecular flexibility index (Phi) is 15.0. The number of hydrogen-bond donors (Lipinski definition) is 3. The quantitative estimate of drug-likeness (QED) is 0.105. The maximum atomic E-state index is 13.5. The van der Waals surface area contributed by atoms with Crippen LogP contribution in [0.3, 0.4) is 0 Å². The third-order valence-corrected chi connectivity index (χ3v) is 20.7. The van der Waals surface area contributed by atoms with Crippen molar-refractivity contribution < 1.29 is 47.1 Å². The van der Waals surface area contributed by atoms with Crippen LogP contribution in [0.4, 0.5) is 9.59 Å². The molecule has 5 unspecified atom stereocenters. The van der Waals surface area contributed by atoms with Gasteiger partial charge in [-0.05, 0) is 133 Å². The summed E-state index contributed by atoms with van der Waals surface area (Å²) in [5.74, 6) is 2.10. The molecule has 6 heterocycles. The van der Waals surface area contributed by atoms with E-state index in [1.54, 1.807) is 35.4 Å². The molecule has 5 amide bonds. The number of benzene rings is 4. The van der Waals surface area contributed by atoms with Gasteiger partial charge in [0.25, 0.3) is 5.91 Å². The lowest BCUT2D eigenvalue weighted by molar-refractivity contribution is -0.00856. The molecule has 14 rings (SSSR count). The third kappa shape index (κ3) is 9.99. The number of amides is 5. The molecule has 0 radical (unpaired) electrons. The smallest absolute Gasteiger partial charge is 0.337 e. The summed E-state index contributed by atoms with van der Waals surface area (Å²) in [6.07, 6.45) is 13.7. The SMILES string of the molecule is COC(=O)c1ccc2c(C3CCCCC3)c3n(c2c1)CC1(NC(=O)N2CCOCC2)CC1c1cc(OC)ccc1-3.COc1ccc2c(c1)C1CC1(NC(=O)N1CC(OC)C1)Cn1c-2c(C2CCCCC2)c2ccc(C(=O)NS(=O)N(C)C)cc21. The number of carbonyl (C=O) groups excluding carboxylic acids is 4. The van der Waals surface area contributed by atoms with Crippen molar-refractivity contribution in [3.8, 4) is 34.0 Å². The molecule has 444 valence electrons. The third-order valence-electron chi connectivity index (χ3n) is 19.7. The number of carbonyl (C=O) groups is 4. The maximum Gasteiger partial charge on any atom is 0.337 e. The van der Waals surface area contributed by atoms with Gasteiger partial charge in [0.1, 0.15) is 11.5 Å². The van der Waals surface area contributed by atoms with E-state index in [-0.39, 0.29) is 41.9 Å². The van der Waals surface area contributed by atoms with Crippen LogP contribution >= 0.6 is 0 Å². The fourth-order valence-electron chi connectivity index (χ4n) is 15.0. The van der Waals surface area contributed by atoms with Crippen LogP contribution in [0.1, 0.15) is 144 Å². The largest absolute Gasteiger partial charge is 0.497 e. The van der Waals surface area contributed by atoms with Crippen LogP contribution < -0.4 is 24.8 Å². The number of hydrogen-bond acceptors (Lipinski definition) is 10. The van der Waals surface area contributed by atoms with E-state index in [1.165, 1.54) is 113 Å². The molecule has 84 heavy (non-hydrogen) atoms. The molecule has 18 nitrogen and oxygen atoms in total. The van der Waals surface area contributed by atoms with Crippen molar-refractivity contribution in [1.82, 2.24) is 38.6 Å². The molecule has 19 heteroatoms. The Hall–Kier alpha value is -6.93. The Morgan fingerprint density at radius 1 is 0.619 bits per heavy atom. The summed E-state index contributed by atoms with van der Waals surface area (Å²) in [4.78, 5) is 56.5. The van der Waals surface area contributed by atoms with Gasteiger partial charge in [0, 0.05) is 97.7 Å². The minimum Gasteiger partial charge on any atom is -0.497 e. The lowest BCUT2D eigenvalue weighted by Crippen LogP contribution is -2.59. The molecular weight excluding hydrogens is 1080 g/mol. The first-order valence-electron chi connectivity index (χ1n) is 30.2. The van der Waals surface area contributed by atoms with Gasteiger partial charge in [-0.2, -0.15) is 0 Å². The standard InChI is InChI=1S/C33H41N5O5S.C32H37N3O5/c1-36(2)44(41)35-31(39)21-10-12-25-28(14-21)38-19-33(34-32(40)37-17-23(18-37)43-4)16-27(33)26-15-22(42-3)11-13-24(26)30(38)29(25)20-8-6-5-7-9-20;1-38-22-9-11-23-25(17-22)26-18-32(26,33-31(37)34-12-14-40-15-13-34)19-35-27-16-21(30(36)39-2)8-10-24(27)28(29(23)35)20-6-4-3-5-7-20/h10-15,20,23,27H,5-9,16-19H2,1-4H3,(H,34,40)(H,35,39);8-11,16-17,20,26H,3-7,12-15,18-19H2,1-2H3,(H,33,37). The Morgan fingerprint density at radius 3 is 1.58 bits per heavy atom. The number of nitrogens with one attached hydrogen (secondary N) is 3. The van der Waals surface area contributed by atoms with Crippen LogP contribution in [0.25, 0.3) is 44.3 Å². The van der Waals surface area contributed by atoms with Crippen molar-refractivity contribution in [2.45, 2.75) is 131 Å². The number of urea groups is 2. The van der Waals surface area contributed by atoms with Crippen LogP contribution in [-0.2, 0) is 38.5 Å². The molecule has 2 aromatic heterocycles. The summed E-state index contributed by atoms with van der Waals surface area (Å²) in [7, 11) is 9.82. The predicted octanol–water partition coefficient (Wildman–Crippen LogP) is 9.95. The number of fused-ring (bicyclic) bond motifs is 14. The average Bonchev–Trinajstić information content (AvgIpc) is 1.57. The number of ether oxygens (including phenoxy) is 5. The van der Waals surface area contributed by atoms with Gasteiger partial charge < -0.3 is 53.3 Å². The van der Waals surface area contributed by atoms with Gasteiger partial charge in [0.05, 0.1) is 81.8 Å². The van der Waals surface area contributed by atoms with E-state index >= 15 is 0 Å². The van der Waals surface area contributed by atoms with Crippen LogP contribution in [0, 0.1) is 0 Å². The second kappa shape index (κ2) is 22.5. The van der Waals surface area contributed by atoms with E-state index in [2.05, 4.69) is 60.9 Å². The molecule has 4 aliphatic heterocycles. The second-order valence-corrected chi connectivity index (χ2v) is 26.2. The molecule has 4 aliphatic carbocycles. The zero-order valence-corrected chi connectivity index (χ0v) is 50.0. The van der Waals surface area contributed by atoms with E-state index in [4.69, 9.17) is 23.7 Å². The number of esters is 1. The minimum absolute atomic E-state index is 0.0297. The highest BCUT2D eigenvalue weighted by atomic mass is 32.2. The van der Waals surface area contributed by atoms with Gasteiger partial charge in [0.2, 0.25) is 0 Å². The van der Waals surface area contributed by atoms with Crippen LogP contribution in [0.15, 0.2) is 72.8 Å². The van der Waals surface area contributed by atoms with Crippen LogP contribution in [-0.4, -0.2) is 150 Å².